The quantitative estimate of drug-likeness (QED) is 0.934. The lowest BCUT2D eigenvalue weighted by Crippen LogP contribution is -2.32. The van der Waals surface area contributed by atoms with Gasteiger partial charge in [0.15, 0.2) is 0 Å². The van der Waals surface area contributed by atoms with E-state index in [4.69, 9.17) is 0 Å². The predicted molar refractivity (Wildman–Crippen MR) is 83.0 cm³/mol. The number of amides is 2. The molecule has 1 aromatic heterocycles. The highest BCUT2D eigenvalue weighted by Crippen LogP contribution is 2.24. The molecule has 1 fully saturated rings. The predicted octanol–water partition coefficient (Wildman–Crippen LogP) is 1.75. The molecule has 22 heavy (non-hydrogen) atoms. The lowest BCUT2D eigenvalue weighted by atomic mass is 10.1. The minimum atomic E-state index is -0.297. The van der Waals surface area contributed by atoms with Gasteiger partial charge in [0.05, 0.1) is 5.92 Å². The molecule has 2 amide bonds. The second-order valence-electron chi connectivity index (χ2n) is 5.31. The molecule has 5 nitrogen and oxygen atoms in total. The highest BCUT2D eigenvalue weighted by atomic mass is 16.2. The highest BCUT2D eigenvalue weighted by Gasteiger charge is 2.34. The number of nitrogens with one attached hydrogen (secondary N) is 1. The Hall–Kier alpha value is -2.69. The maximum Gasteiger partial charge on any atom is 0.227 e. The molecule has 2 heterocycles. The van der Waals surface area contributed by atoms with Crippen molar-refractivity contribution in [2.45, 2.75) is 13.0 Å². The zero-order valence-electron chi connectivity index (χ0n) is 12.1. The average Bonchev–Trinajstić information content (AvgIpc) is 2.96. The topological polar surface area (TPSA) is 62.3 Å². The molecule has 1 N–H and O–H groups in total. The van der Waals surface area contributed by atoms with Crippen LogP contribution in [0.3, 0.4) is 0 Å². The summed E-state index contributed by atoms with van der Waals surface area (Å²) in [4.78, 5) is 30.0. The van der Waals surface area contributed by atoms with Gasteiger partial charge in [0.2, 0.25) is 11.8 Å². The van der Waals surface area contributed by atoms with E-state index in [1.54, 1.807) is 17.3 Å². The molecule has 112 valence electrons. The van der Waals surface area contributed by atoms with Crippen molar-refractivity contribution < 1.29 is 9.59 Å². The van der Waals surface area contributed by atoms with Crippen LogP contribution in [0.1, 0.15) is 12.0 Å². The first-order valence-electron chi connectivity index (χ1n) is 7.26. The second kappa shape index (κ2) is 6.39. The van der Waals surface area contributed by atoms with Crippen molar-refractivity contribution in [2.24, 2.45) is 5.92 Å². The van der Waals surface area contributed by atoms with Gasteiger partial charge in [-0.1, -0.05) is 18.2 Å². The van der Waals surface area contributed by atoms with E-state index in [-0.39, 0.29) is 24.2 Å². The number of carbonyl (C=O) groups is 2. The summed E-state index contributed by atoms with van der Waals surface area (Å²) in [5.41, 5.74) is 1.84. The average molecular weight is 295 g/mol. The Morgan fingerprint density at radius 1 is 1.18 bits per heavy atom. The van der Waals surface area contributed by atoms with E-state index in [0.717, 1.165) is 11.3 Å². The summed E-state index contributed by atoms with van der Waals surface area (Å²) in [6, 6.07) is 13.2. The van der Waals surface area contributed by atoms with Gasteiger partial charge in [-0.2, -0.15) is 0 Å². The third-order valence-corrected chi connectivity index (χ3v) is 3.78. The molecule has 0 aliphatic carbocycles. The number of hydrogen-bond donors (Lipinski definition) is 1. The molecular formula is C17H17N3O2. The molecule has 0 unspecified atom stereocenters. The zero-order chi connectivity index (χ0) is 15.4. The fourth-order valence-electron chi connectivity index (χ4n) is 2.57. The monoisotopic (exact) mass is 295 g/mol. The third kappa shape index (κ3) is 3.14. The van der Waals surface area contributed by atoms with Crippen molar-refractivity contribution in [2.75, 3.05) is 11.4 Å². The lowest BCUT2D eigenvalue weighted by Gasteiger charge is -2.16. The van der Waals surface area contributed by atoms with Crippen LogP contribution in [0.5, 0.6) is 0 Å². The molecule has 0 bridgehead atoms. The van der Waals surface area contributed by atoms with Crippen molar-refractivity contribution >= 4 is 17.5 Å². The van der Waals surface area contributed by atoms with Crippen LogP contribution in [0, 0.1) is 5.92 Å². The molecule has 5 heteroatoms. The lowest BCUT2D eigenvalue weighted by molar-refractivity contribution is -0.126. The smallest absolute Gasteiger partial charge is 0.227 e. The Labute approximate surface area is 129 Å². The summed E-state index contributed by atoms with van der Waals surface area (Å²) in [5, 5.41) is 2.89. The summed E-state index contributed by atoms with van der Waals surface area (Å²) >= 11 is 0. The van der Waals surface area contributed by atoms with Crippen LogP contribution < -0.4 is 10.2 Å². The molecule has 0 radical (unpaired) electrons. The fraction of sp³-hybridized carbons (Fsp3) is 0.235. The van der Waals surface area contributed by atoms with E-state index < -0.39 is 0 Å². The van der Waals surface area contributed by atoms with Crippen LogP contribution in [0.25, 0.3) is 0 Å². The summed E-state index contributed by atoms with van der Waals surface area (Å²) in [7, 11) is 0. The van der Waals surface area contributed by atoms with Gasteiger partial charge in [-0.05, 0) is 29.8 Å². The van der Waals surface area contributed by atoms with Gasteiger partial charge >= 0.3 is 0 Å². The SMILES string of the molecule is O=C(NCc1ccncc1)[C@H]1CC(=O)N(c2ccccc2)C1. The van der Waals surface area contributed by atoms with Crippen LogP contribution in [0.15, 0.2) is 54.9 Å². The second-order valence-corrected chi connectivity index (χ2v) is 5.31. The number of carbonyl (C=O) groups excluding carboxylic acids is 2. The van der Waals surface area contributed by atoms with Gasteiger partial charge in [0.1, 0.15) is 0 Å². The number of rotatable bonds is 4. The number of aromatic nitrogens is 1. The Morgan fingerprint density at radius 3 is 2.64 bits per heavy atom. The highest BCUT2D eigenvalue weighted by molar-refractivity contribution is 6.00. The minimum Gasteiger partial charge on any atom is -0.352 e. The number of para-hydroxylation sites is 1. The van der Waals surface area contributed by atoms with Crippen LogP contribution in [-0.2, 0) is 16.1 Å². The van der Waals surface area contributed by atoms with Crippen LogP contribution in [-0.4, -0.2) is 23.3 Å². The van der Waals surface area contributed by atoms with Gasteiger partial charge < -0.3 is 10.2 Å². The van der Waals surface area contributed by atoms with Crippen LogP contribution in [0.2, 0.25) is 0 Å². The summed E-state index contributed by atoms with van der Waals surface area (Å²) in [6.07, 6.45) is 3.65. The number of anilines is 1. The standard InChI is InChI=1S/C17H17N3O2/c21-16-10-14(12-20(16)15-4-2-1-3-5-15)17(22)19-11-13-6-8-18-9-7-13/h1-9,14H,10-12H2,(H,19,22)/t14-/m0/s1. The van der Waals surface area contributed by atoms with Crippen molar-refractivity contribution in [1.82, 2.24) is 10.3 Å². The van der Waals surface area contributed by atoms with Gasteiger partial charge in [0.25, 0.3) is 0 Å². The normalized spacial score (nSPS) is 17.5. The summed E-state index contributed by atoms with van der Waals surface area (Å²) in [5.74, 6) is -0.381. The maximum atomic E-state index is 12.2. The number of pyridine rings is 1. The minimum absolute atomic E-state index is 0.00439. The van der Waals surface area contributed by atoms with Crippen molar-refractivity contribution in [3.63, 3.8) is 0 Å². The van der Waals surface area contributed by atoms with Crippen molar-refractivity contribution in [3.05, 3.63) is 60.4 Å². The van der Waals surface area contributed by atoms with E-state index in [9.17, 15) is 9.59 Å². The van der Waals surface area contributed by atoms with Gasteiger partial charge in [-0.15, -0.1) is 0 Å². The number of hydrogen-bond acceptors (Lipinski definition) is 3. The Kier molecular flexibility index (Phi) is 4.14. The first-order valence-corrected chi connectivity index (χ1v) is 7.26. The molecule has 0 saturated carbocycles. The molecule has 1 aliphatic heterocycles. The molecule has 2 aromatic rings. The molecule has 0 spiro atoms. The zero-order valence-corrected chi connectivity index (χ0v) is 12.1. The van der Waals surface area contributed by atoms with Gasteiger partial charge in [0, 0.05) is 37.6 Å². The Balaban J connectivity index is 1.59. The van der Waals surface area contributed by atoms with E-state index in [2.05, 4.69) is 10.3 Å². The third-order valence-electron chi connectivity index (χ3n) is 3.78. The first kappa shape index (κ1) is 14.3. The molecule has 1 aromatic carbocycles. The van der Waals surface area contributed by atoms with Crippen LogP contribution >= 0.6 is 0 Å². The number of nitrogens with zero attached hydrogens (tertiary/aromatic N) is 2. The van der Waals surface area contributed by atoms with Crippen molar-refractivity contribution in [3.8, 4) is 0 Å². The van der Waals surface area contributed by atoms with Gasteiger partial charge in [-0.25, -0.2) is 0 Å². The molecule has 1 saturated heterocycles. The van der Waals surface area contributed by atoms with E-state index in [1.807, 2.05) is 42.5 Å². The van der Waals surface area contributed by atoms with Crippen LogP contribution in [0.4, 0.5) is 5.69 Å². The summed E-state index contributed by atoms with van der Waals surface area (Å²) < 4.78 is 0. The molecule has 1 atom stereocenters. The Bertz CT molecular complexity index is 658. The fourth-order valence-corrected chi connectivity index (χ4v) is 2.57. The molecular weight excluding hydrogens is 278 g/mol. The van der Waals surface area contributed by atoms with E-state index in [0.29, 0.717) is 13.1 Å². The molecule has 1 aliphatic rings. The number of benzene rings is 1. The van der Waals surface area contributed by atoms with Crippen molar-refractivity contribution in [1.29, 1.82) is 0 Å². The summed E-state index contributed by atoms with van der Waals surface area (Å²) in [6.45, 7) is 0.891. The van der Waals surface area contributed by atoms with Gasteiger partial charge in [-0.3, -0.25) is 14.6 Å². The van der Waals surface area contributed by atoms with E-state index >= 15 is 0 Å². The Morgan fingerprint density at radius 2 is 1.91 bits per heavy atom. The molecule has 3 rings (SSSR count). The largest absolute Gasteiger partial charge is 0.352 e. The van der Waals surface area contributed by atoms with E-state index in [1.165, 1.54) is 0 Å². The maximum absolute atomic E-state index is 12.2. The first-order chi connectivity index (χ1) is 10.7.